The van der Waals surface area contributed by atoms with Crippen molar-refractivity contribution in [1.82, 2.24) is 24.1 Å². The number of hydrogen-bond donors (Lipinski definition) is 0. The quantitative estimate of drug-likeness (QED) is 0.161. The molecule has 1 aliphatic carbocycles. The molecule has 63 heavy (non-hydrogen) atoms. The largest absolute Gasteiger partial charge is 0.310 e. The number of para-hydroxylation sites is 2. The predicted octanol–water partition coefficient (Wildman–Crippen LogP) is 14.6. The molecule has 3 aromatic heterocycles. The third-order valence-electron chi connectivity index (χ3n) is 12.3. The van der Waals surface area contributed by atoms with Crippen LogP contribution in [0.4, 0.5) is 0 Å². The van der Waals surface area contributed by atoms with E-state index >= 15 is 0 Å². The normalized spacial score (nSPS) is 12.9. The molecule has 1 aliphatic rings. The van der Waals surface area contributed by atoms with Gasteiger partial charge in [0.1, 0.15) is 0 Å². The Labute approximate surface area is 364 Å². The van der Waals surface area contributed by atoms with Crippen LogP contribution in [0, 0.1) is 0 Å². The Balaban J connectivity index is 1.12. The predicted molar refractivity (Wildman–Crippen MR) is 261 cm³/mol. The Morgan fingerprint density at radius 3 is 1.44 bits per heavy atom. The molecule has 0 fully saturated rings. The van der Waals surface area contributed by atoms with Crippen LogP contribution >= 0.6 is 0 Å². The fourth-order valence-electron chi connectivity index (χ4n) is 9.37. The molecule has 0 atom stereocenters. The average Bonchev–Trinajstić information content (AvgIpc) is 3.88. The summed E-state index contributed by atoms with van der Waals surface area (Å²) >= 11 is 0. The summed E-state index contributed by atoms with van der Waals surface area (Å²) in [7, 11) is 0. The summed E-state index contributed by atoms with van der Waals surface area (Å²) in [5.41, 5.74) is 15.4. The third kappa shape index (κ3) is 6.21. The van der Waals surface area contributed by atoms with Crippen LogP contribution in [0.5, 0.6) is 0 Å². The molecule has 296 valence electrons. The van der Waals surface area contributed by atoms with Crippen LogP contribution in [-0.2, 0) is 0 Å². The first-order valence-corrected chi connectivity index (χ1v) is 21.3. The molecule has 8 aromatic carbocycles. The summed E-state index contributed by atoms with van der Waals surface area (Å²) in [4.78, 5) is 15.9. The average molecular weight is 806 g/mol. The first-order valence-electron chi connectivity index (χ1n) is 21.3. The topological polar surface area (TPSA) is 48.5 Å². The molecule has 12 rings (SSSR count). The summed E-state index contributed by atoms with van der Waals surface area (Å²) < 4.78 is 4.74. The maximum absolute atomic E-state index is 5.40. The van der Waals surface area contributed by atoms with E-state index in [-0.39, 0.29) is 0 Å². The van der Waals surface area contributed by atoms with Crippen molar-refractivity contribution in [3.63, 3.8) is 0 Å². The summed E-state index contributed by atoms with van der Waals surface area (Å²) in [5.74, 6) is 1.76. The second-order valence-electron chi connectivity index (χ2n) is 16.1. The van der Waals surface area contributed by atoms with Crippen molar-refractivity contribution in [3.05, 3.63) is 230 Å². The van der Waals surface area contributed by atoms with Crippen molar-refractivity contribution in [2.24, 2.45) is 0 Å². The molecular formula is C58H39N5. The number of benzene rings is 8. The fourth-order valence-corrected chi connectivity index (χ4v) is 9.37. The van der Waals surface area contributed by atoms with Crippen LogP contribution in [0.3, 0.4) is 0 Å². The summed E-state index contributed by atoms with van der Waals surface area (Å²) in [6.07, 6.45) is 5.08. The first-order chi connectivity index (χ1) is 31.2. The van der Waals surface area contributed by atoms with Gasteiger partial charge in [-0.05, 0) is 51.6 Å². The van der Waals surface area contributed by atoms with E-state index < -0.39 is 0 Å². The number of fused-ring (bicyclic) bond motifs is 7. The summed E-state index contributed by atoms with van der Waals surface area (Å²) in [5, 5.41) is 4.59. The molecule has 0 bridgehead atoms. The van der Waals surface area contributed by atoms with Crippen molar-refractivity contribution in [1.29, 1.82) is 0 Å². The molecule has 0 amide bonds. The van der Waals surface area contributed by atoms with Gasteiger partial charge >= 0.3 is 0 Å². The van der Waals surface area contributed by atoms with Gasteiger partial charge in [-0.1, -0.05) is 201 Å². The molecule has 0 N–H and O–H groups in total. The van der Waals surface area contributed by atoms with Crippen molar-refractivity contribution >= 4 is 54.9 Å². The molecule has 0 aliphatic heterocycles. The van der Waals surface area contributed by atoms with Gasteiger partial charge in [-0.2, -0.15) is 9.97 Å². The summed E-state index contributed by atoms with van der Waals surface area (Å²) in [6, 6.07) is 70.6. The number of rotatable bonds is 7. The van der Waals surface area contributed by atoms with E-state index in [0.717, 1.165) is 66.1 Å². The number of nitrogens with zero attached hydrogens (tertiary/aromatic N) is 5. The second kappa shape index (κ2) is 14.9. The zero-order valence-corrected chi connectivity index (χ0v) is 34.4. The highest BCUT2D eigenvalue weighted by molar-refractivity contribution is 6.24. The second-order valence-corrected chi connectivity index (χ2v) is 16.1. The minimum Gasteiger partial charge on any atom is -0.310 e. The van der Waals surface area contributed by atoms with Crippen molar-refractivity contribution in [2.75, 3.05) is 0 Å². The molecule has 11 aromatic rings. The maximum atomic E-state index is 5.40. The monoisotopic (exact) mass is 805 g/mol. The standard InChI is InChI=1S/C58H39N5/c1-38-28-33-46(41-18-7-3-8-19-41)53(36-38)62-51-26-13-11-24-47(51)49-34-35-50-48-25-12-14-27-52(48)63(55(50)54(49)62)58-60-56(42-20-9-4-10-21-42)59-57(61-58)43-31-29-40(30-32-43)45-23-15-22-44(37-45)39-16-5-2-6-17-39/h2-35,37H,1,36H2. The lowest BCUT2D eigenvalue weighted by molar-refractivity contribution is 0.953. The highest BCUT2D eigenvalue weighted by Gasteiger charge is 2.26. The zero-order chi connectivity index (χ0) is 41.9. The molecule has 5 nitrogen and oxygen atoms in total. The van der Waals surface area contributed by atoms with Crippen LogP contribution in [0.1, 0.15) is 12.0 Å². The van der Waals surface area contributed by atoms with E-state index in [1.54, 1.807) is 0 Å². The lowest BCUT2D eigenvalue weighted by Crippen LogP contribution is -2.08. The number of allylic oxidation sites excluding steroid dienone is 5. The highest BCUT2D eigenvalue weighted by atomic mass is 15.2. The number of aromatic nitrogens is 5. The molecule has 0 unspecified atom stereocenters. The van der Waals surface area contributed by atoms with Crippen LogP contribution in [0.2, 0.25) is 0 Å². The molecule has 0 spiro atoms. The molecule has 5 heteroatoms. The zero-order valence-electron chi connectivity index (χ0n) is 34.4. The van der Waals surface area contributed by atoms with Gasteiger partial charge in [-0.3, -0.25) is 4.57 Å². The highest BCUT2D eigenvalue weighted by Crippen LogP contribution is 2.44. The lowest BCUT2D eigenvalue weighted by atomic mass is 9.94. The van der Waals surface area contributed by atoms with Gasteiger partial charge in [0.05, 0.1) is 22.1 Å². The van der Waals surface area contributed by atoms with Crippen LogP contribution in [0.15, 0.2) is 224 Å². The molecule has 0 saturated heterocycles. The van der Waals surface area contributed by atoms with Crippen molar-refractivity contribution in [3.8, 4) is 51.0 Å². The van der Waals surface area contributed by atoms with Crippen LogP contribution in [-0.4, -0.2) is 24.1 Å². The smallest absolute Gasteiger partial charge is 0.238 e. The Bertz CT molecular complexity index is 3630. The van der Waals surface area contributed by atoms with Gasteiger partial charge in [-0.25, -0.2) is 4.98 Å². The number of hydrogen-bond acceptors (Lipinski definition) is 3. The van der Waals surface area contributed by atoms with Gasteiger partial charge in [0, 0.05) is 50.4 Å². The maximum Gasteiger partial charge on any atom is 0.238 e. The van der Waals surface area contributed by atoms with Gasteiger partial charge in [0.25, 0.3) is 0 Å². The van der Waals surface area contributed by atoms with E-state index in [9.17, 15) is 0 Å². The fraction of sp³-hybridized carbons (Fsp3) is 0.0172. The Hall–Kier alpha value is -8.41. The molecule has 0 saturated carbocycles. The molecular weight excluding hydrogens is 767 g/mol. The van der Waals surface area contributed by atoms with E-state index in [1.165, 1.54) is 33.3 Å². The molecule has 0 radical (unpaired) electrons. The van der Waals surface area contributed by atoms with Crippen LogP contribution in [0.25, 0.3) is 106 Å². The third-order valence-corrected chi connectivity index (χ3v) is 12.3. The Morgan fingerprint density at radius 2 is 0.825 bits per heavy atom. The Morgan fingerprint density at radius 1 is 0.365 bits per heavy atom. The van der Waals surface area contributed by atoms with E-state index in [4.69, 9.17) is 15.0 Å². The minimum atomic E-state index is 0.555. The summed E-state index contributed by atoms with van der Waals surface area (Å²) in [6.45, 7) is 4.47. The van der Waals surface area contributed by atoms with Crippen LogP contribution < -0.4 is 0 Å². The van der Waals surface area contributed by atoms with Gasteiger partial charge in [0.2, 0.25) is 5.95 Å². The van der Waals surface area contributed by atoms with E-state index in [1.807, 2.05) is 18.2 Å². The minimum absolute atomic E-state index is 0.555. The SMILES string of the molecule is C=C1C=CC(c2ccccc2)=C(n2c3ccccc3c3ccc4c5ccccc5n(-c5nc(-c6ccccc6)nc(-c6ccc(-c7cccc(-c8ccccc8)c7)cc6)n5)c4c32)C1. The molecule has 3 heterocycles. The van der Waals surface area contributed by atoms with Gasteiger partial charge < -0.3 is 4.57 Å². The first kappa shape index (κ1) is 36.4. The van der Waals surface area contributed by atoms with E-state index in [2.05, 4.69) is 210 Å². The van der Waals surface area contributed by atoms with Gasteiger partial charge in [0.15, 0.2) is 11.6 Å². The van der Waals surface area contributed by atoms with Crippen molar-refractivity contribution < 1.29 is 0 Å². The van der Waals surface area contributed by atoms with E-state index in [0.29, 0.717) is 24.0 Å². The van der Waals surface area contributed by atoms with Gasteiger partial charge in [-0.15, -0.1) is 0 Å². The lowest BCUT2D eigenvalue weighted by Gasteiger charge is -2.21. The Kier molecular flexibility index (Phi) is 8.64. The van der Waals surface area contributed by atoms with Crippen molar-refractivity contribution in [2.45, 2.75) is 6.42 Å².